The first-order valence-electron chi connectivity index (χ1n) is 7.23. The zero-order valence-corrected chi connectivity index (χ0v) is 12.1. The third-order valence-electron chi connectivity index (χ3n) is 3.90. The maximum Gasteiger partial charge on any atom is 0.266 e. The first-order valence-corrected chi connectivity index (χ1v) is 7.23. The number of likely N-dealkylation sites (tertiary alicyclic amines) is 1. The van der Waals surface area contributed by atoms with Crippen LogP contribution >= 0.6 is 0 Å². The van der Waals surface area contributed by atoms with Crippen molar-refractivity contribution in [3.8, 4) is 0 Å². The van der Waals surface area contributed by atoms with Crippen molar-refractivity contribution in [1.82, 2.24) is 24.8 Å². The minimum atomic E-state index is -0.0195. The molecule has 1 aliphatic rings. The Labute approximate surface area is 122 Å². The van der Waals surface area contributed by atoms with Gasteiger partial charge in [-0.3, -0.25) is 9.69 Å². The average molecular weight is 289 g/mol. The largest absolute Gasteiger partial charge is 0.338 e. The highest BCUT2D eigenvalue weighted by molar-refractivity contribution is 4.97. The van der Waals surface area contributed by atoms with Crippen molar-refractivity contribution in [3.05, 3.63) is 40.4 Å². The van der Waals surface area contributed by atoms with E-state index in [0.717, 1.165) is 31.6 Å². The van der Waals surface area contributed by atoms with E-state index in [0.29, 0.717) is 24.9 Å². The molecule has 0 aromatic carbocycles. The van der Waals surface area contributed by atoms with Gasteiger partial charge in [-0.1, -0.05) is 5.16 Å². The molecule has 1 fully saturated rings. The molecule has 112 valence electrons. The van der Waals surface area contributed by atoms with E-state index in [2.05, 4.69) is 20.1 Å². The molecule has 0 aliphatic carbocycles. The highest BCUT2D eigenvalue weighted by Gasteiger charge is 2.21. The molecule has 2 aromatic heterocycles. The van der Waals surface area contributed by atoms with E-state index in [-0.39, 0.29) is 5.56 Å². The van der Waals surface area contributed by atoms with Crippen LogP contribution in [0.25, 0.3) is 0 Å². The summed E-state index contributed by atoms with van der Waals surface area (Å²) < 4.78 is 6.62. The van der Waals surface area contributed by atoms with Gasteiger partial charge in [0.15, 0.2) is 6.33 Å². The van der Waals surface area contributed by atoms with Crippen LogP contribution in [0, 0.1) is 12.8 Å². The van der Waals surface area contributed by atoms with Gasteiger partial charge in [-0.25, -0.2) is 4.68 Å². The van der Waals surface area contributed by atoms with Crippen LogP contribution < -0.4 is 5.56 Å². The zero-order valence-electron chi connectivity index (χ0n) is 12.1. The number of hydrogen-bond donors (Lipinski definition) is 0. The second-order valence-corrected chi connectivity index (χ2v) is 5.55. The van der Waals surface area contributed by atoms with E-state index < -0.39 is 0 Å². The summed E-state index contributed by atoms with van der Waals surface area (Å²) in [7, 11) is 0. The molecule has 3 rings (SSSR count). The fourth-order valence-electron chi connectivity index (χ4n) is 2.71. The molecule has 2 aromatic rings. The molecule has 7 nitrogen and oxygen atoms in total. The minimum absolute atomic E-state index is 0.0195. The molecule has 1 aliphatic heterocycles. The Morgan fingerprint density at radius 1 is 1.33 bits per heavy atom. The highest BCUT2D eigenvalue weighted by Crippen LogP contribution is 2.19. The van der Waals surface area contributed by atoms with Crippen LogP contribution in [0.4, 0.5) is 0 Å². The maximum absolute atomic E-state index is 11.8. The van der Waals surface area contributed by atoms with Crippen LogP contribution in [0.15, 0.2) is 27.8 Å². The van der Waals surface area contributed by atoms with Gasteiger partial charge in [0.1, 0.15) is 0 Å². The SMILES string of the molecule is Cc1ccc(=O)n(CC2CCN(Cc3ncno3)CC2)n1. The minimum Gasteiger partial charge on any atom is -0.338 e. The fourth-order valence-corrected chi connectivity index (χ4v) is 2.71. The fraction of sp³-hybridized carbons (Fsp3) is 0.571. The molecule has 0 amide bonds. The van der Waals surface area contributed by atoms with Crippen LogP contribution in [0.2, 0.25) is 0 Å². The van der Waals surface area contributed by atoms with E-state index >= 15 is 0 Å². The number of nitrogens with zero attached hydrogens (tertiary/aromatic N) is 5. The standard InChI is InChI=1S/C14H19N5O2/c1-11-2-3-14(20)19(17-11)8-12-4-6-18(7-5-12)9-13-15-10-16-21-13/h2-3,10,12H,4-9H2,1H3. The Balaban J connectivity index is 1.54. The number of hydrogen-bond acceptors (Lipinski definition) is 6. The summed E-state index contributed by atoms with van der Waals surface area (Å²) >= 11 is 0. The first kappa shape index (κ1) is 13.9. The zero-order chi connectivity index (χ0) is 14.7. The summed E-state index contributed by atoms with van der Waals surface area (Å²) in [5.74, 6) is 1.15. The predicted molar refractivity (Wildman–Crippen MR) is 75.5 cm³/mol. The third kappa shape index (κ3) is 3.55. The summed E-state index contributed by atoms with van der Waals surface area (Å²) in [6, 6.07) is 3.35. The molecular formula is C14H19N5O2. The lowest BCUT2D eigenvalue weighted by Crippen LogP contribution is -2.36. The molecule has 0 atom stereocenters. The van der Waals surface area contributed by atoms with Gasteiger partial charge in [-0.2, -0.15) is 10.1 Å². The van der Waals surface area contributed by atoms with Gasteiger partial charge in [0.25, 0.3) is 5.56 Å². The second kappa shape index (κ2) is 6.17. The summed E-state index contributed by atoms with van der Waals surface area (Å²) in [4.78, 5) is 18.1. The number of aryl methyl sites for hydroxylation is 1. The average Bonchev–Trinajstić information content (AvgIpc) is 2.98. The van der Waals surface area contributed by atoms with Crippen LogP contribution in [-0.4, -0.2) is 37.9 Å². The highest BCUT2D eigenvalue weighted by atomic mass is 16.5. The van der Waals surface area contributed by atoms with Crippen molar-refractivity contribution < 1.29 is 4.52 Å². The number of aromatic nitrogens is 4. The van der Waals surface area contributed by atoms with Crippen LogP contribution in [0.3, 0.4) is 0 Å². The lowest BCUT2D eigenvalue weighted by molar-refractivity contribution is 0.148. The summed E-state index contributed by atoms with van der Waals surface area (Å²) in [6.45, 7) is 5.27. The third-order valence-corrected chi connectivity index (χ3v) is 3.90. The maximum atomic E-state index is 11.8. The van der Waals surface area contributed by atoms with Gasteiger partial charge in [0.2, 0.25) is 5.89 Å². The quantitative estimate of drug-likeness (QED) is 0.830. The smallest absolute Gasteiger partial charge is 0.266 e. The first-order chi connectivity index (χ1) is 10.2. The van der Waals surface area contributed by atoms with Crippen molar-refractivity contribution in [2.75, 3.05) is 13.1 Å². The second-order valence-electron chi connectivity index (χ2n) is 5.55. The van der Waals surface area contributed by atoms with E-state index in [1.165, 1.54) is 6.33 Å². The van der Waals surface area contributed by atoms with Crippen LogP contribution in [0.5, 0.6) is 0 Å². The van der Waals surface area contributed by atoms with Crippen molar-refractivity contribution in [3.63, 3.8) is 0 Å². The summed E-state index contributed by atoms with van der Waals surface area (Å²) in [5, 5.41) is 7.92. The monoisotopic (exact) mass is 289 g/mol. The van der Waals surface area contributed by atoms with E-state index in [4.69, 9.17) is 4.52 Å². The molecule has 0 bridgehead atoms. The van der Waals surface area contributed by atoms with Gasteiger partial charge in [0, 0.05) is 12.6 Å². The topological polar surface area (TPSA) is 77.0 Å². The van der Waals surface area contributed by atoms with Crippen LogP contribution in [-0.2, 0) is 13.1 Å². The number of rotatable bonds is 4. The Morgan fingerprint density at radius 2 is 2.14 bits per heavy atom. The molecule has 7 heteroatoms. The lowest BCUT2D eigenvalue weighted by atomic mass is 9.97. The molecule has 0 unspecified atom stereocenters. The van der Waals surface area contributed by atoms with E-state index in [1.54, 1.807) is 16.8 Å². The van der Waals surface area contributed by atoms with E-state index in [1.807, 2.05) is 6.92 Å². The molecule has 0 spiro atoms. The van der Waals surface area contributed by atoms with Gasteiger partial charge >= 0.3 is 0 Å². The predicted octanol–water partition coefficient (Wildman–Crippen LogP) is 0.847. The van der Waals surface area contributed by atoms with Crippen molar-refractivity contribution >= 4 is 0 Å². The van der Waals surface area contributed by atoms with Gasteiger partial charge < -0.3 is 4.52 Å². The molecule has 1 saturated heterocycles. The van der Waals surface area contributed by atoms with Gasteiger partial charge in [-0.05, 0) is 44.8 Å². The van der Waals surface area contributed by atoms with Gasteiger partial charge in [-0.15, -0.1) is 0 Å². The Hall–Kier alpha value is -2.02. The summed E-state index contributed by atoms with van der Waals surface area (Å²) in [5.41, 5.74) is 0.859. The number of piperidine rings is 1. The lowest BCUT2D eigenvalue weighted by Gasteiger charge is -2.30. The Kier molecular flexibility index (Phi) is 4.10. The van der Waals surface area contributed by atoms with Crippen molar-refractivity contribution in [2.45, 2.75) is 32.9 Å². The molecule has 0 saturated carbocycles. The Bertz CT molecular complexity index is 629. The molecule has 21 heavy (non-hydrogen) atoms. The van der Waals surface area contributed by atoms with Crippen LogP contribution in [0.1, 0.15) is 24.4 Å². The summed E-state index contributed by atoms with van der Waals surface area (Å²) in [6.07, 6.45) is 3.53. The molecule has 0 N–H and O–H groups in total. The molecular weight excluding hydrogens is 270 g/mol. The molecule has 3 heterocycles. The Morgan fingerprint density at radius 3 is 2.86 bits per heavy atom. The van der Waals surface area contributed by atoms with Gasteiger partial charge in [0.05, 0.1) is 12.2 Å². The van der Waals surface area contributed by atoms with Crippen molar-refractivity contribution in [2.24, 2.45) is 5.92 Å². The molecule has 0 radical (unpaired) electrons. The normalized spacial score (nSPS) is 17.2. The van der Waals surface area contributed by atoms with Crippen molar-refractivity contribution in [1.29, 1.82) is 0 Å². The van der Waals surface area contributed by atoms with E-state index in [9.17, 15) is 4.79 Å².